The van der Waals surface area contributed by atoms with Gasteiger partial charge in [-0.15, -0.1) is 0 Å². The van der Waals surface area contributed by atoms with Crippen LogP contribution in [-0.2, 0) is 20.1 Å². The van der Waals surface area contributed by atoms with E-state index in [1.807, 2.05) is 13.8 Å². The van der Waals surface area contributed by atoms with Gasteiger partial charge in [-0.3, -0.25) is 9.47 Å². The van der Waals surface area contributed by atoms with Crippen LogP contribution in [0.4, 0.5) is 0 Å². The highest BCUT2D eigenvalue weighted by Crippen LogP contribution is 2.19. The lowest BCUT2D eigenvalue weighted by molar-refractivity contribution is -0.0105. The molecule has 0 saturated heterocycles. The molecule has 0 unspecified atom stereocenters. The second-order valence-corrected chi connectivity index (χ2v) is 5.12. The highest BCUT2D eigenvalue weighted by molar-refractivity contribution is 4.93. The highest BCUT2D eigenvalue weighted by atomic mass is 16.3. The molecular formula is C12H22N4O2. The van der Waals surface area contributed by atoms with Crippen LogP contribution in [0.1, 0.15) is 32.5 Å². The van der Waals surface area contributed by atoms with Crippen LogP contribution in [0.25, 0.3) is 0 Å². The molecule has 1 aromatic rings. The third kappa shape index (κ3) is 2.35. The minimum Gasteiger partial charge on any atom is -0.389 e. The zero-order valence-electron chi connectivity index (χ0n) is 11.4. The number of β-amino-alcohol motifs (C(OH)–C–C–N with tert-alkyl or cyclic N) is 1. The van der Waals surface area contributed by atoms with E-state index >= 15 is 0 Å². The lowest BCUT2D eigenvalue weighted by atomic mass is 9.96. The third-order valence-corrected chi connectivity index (χ3v) is 3.92. The number of rotatable bonds is 4. The molecule has 6 nitrogen and oxygen atoms in total. The summed E-state index contributed by atoms with van der Waals surface area (Å²) in [6.07, 6.45) is 1.49. The van der Waals surface area contributed by atoms with Gasteiger partial charge < -0.3 is 5.11 Å². The van der Waals surface area contributed by atoms with Gasteiger partial charge in [0.2, 0.25) is 0 Å². The second-order valence-electron chi connectivity index (χ2n) is 5.12. The predicted octanol–water partition coefficient (Wildman–Crippen LogP) is -0.0515. The van der Waals surface area contributed by atoms with E-state index in [4.69, 9.17) is 0 Å². The van der Waals surface area contributed by atoms with Crippen molar-refractivity contribution >= 4 is 0 Å². The Labute approximate surface area is 107 Å². The molecule has 0 amide bonds. The van der Waals surface area contributed by atoms with Crippen LogP contribution in [-0.4, -0.2) is 43.0 Å². The number of hydrogen-bond acceptors (Lipinski definition) is 4. The van der Waals surface area contributed by atoms with E-state index in [1.54, 1.807) is 11.6 Å². The first kappa shape index (κ1) is 13.3. The van der Waals surface area contributed by atoms with Crippen molar-refractivity contribution in [3.05, 3.63) is 16.3 Å². The maximum atomic E-state index is 11.7. The van der Waals surface area contributed by atoms with Crippen LogP contribution in [0.15, 0.2) is 4.79 Å². The van der Waals surface area contributed by atoms with E-state index in [0.717, 1.165) is 25.2 Å². The van der Waals surface area contributed by atoms with Gasteiger partial charge in [-0.25, -0.2) is 9.48 Å². The summed E-state index contributed by atoms with van der Waals surface area (Å²) in [6, 6.07) is 0. The second kappa shape index (κ2) is 4.85. The number of nitrogens with zero attached hydrogens (tertiary/aromatic N) is 4. The summed E-state index contributed by atoms with van der Waals surface area (Å²) in [5, 5.41) is 14.6. The van der Waals surface area contributed by atoms with E-state index in [1.165, 1.54) is 4.68 Å². The Morgan fingerprint density at radius 3 is 2.61 bits per heavy atom. The monoisotopic (exact) mass is 254 g/mol. The van der Waals surface area contributed by atoms with Gasteiger partial charge in [-0.2, -0.15) is 5.10 Å². The predicted molar refractivity (Wildman–Crippen MR) is 68.3 cm³/mol. The molecule has 1 aliphatic rings. The van der Waals surface area contributed by atoms with Crippen LogP contribution in [0.3, 0.4) is 0 Å². The average molecular weight is 254 g/mol. The molecule has 2 heterocycles. The molecule has 0 bridgehead atoms. The Morgan fingerprint density at radius 2 is 2.00 bits per heavy atom. The summed E-state index contributed by atoms with van der Waals surface area (Å²) in [4.78, 5) is 13.9. The first-order valence-corrected chi connectivity index (χ1v) is 6.56. The molecule has 1 aliphatic heterocycles. The molecule has 0 fully saturated rings. The number of hydrogen-bond donors (Lipinski definition) is 1. The Balaban J connectivity index is 2.11. The zero-order chi connectivity index (χ0) is 13.3. The topological polar surface area (TPSA) is 63.3 Å². The molecule has 0 spiro atoms. The van der Waals surface area contributed by atoms with Gasteiger partial charge in [0.25, 0.3) is 0 Å². The molecule has 0 atom stereocenters. The molecule has 0 saturated carbocycles. The Hall–Kier alpha value is -1.14. The van der Waals surface area contributed by atoms with E-state index in [0.29, 0.717) is 19.6 Å². The van der Waals surface area contributed by atoms with Crippen molar-refractivity contribution in [2.24, 2.45) is 7.05 Å². The van der Waals surface area contributed by atoms with E-state index in [-0.39, 0.29) is 5.69 Å². The van der Waals surface area contributed by atoms with Gasteiger partial charge in [0, 0.05) is 26.7 Å². The third-order valence-electron chi connectivity index (χ3n) is 3.92. The number of aromatic nitrogens is 3. The normalized spacial score (nSPS) is 16.9. The number of aryl methyl sites for hydroxylation is 1. The molecule has 6 heteroatoms. The summed E-state index contributed by atoms with van der Waals surface area (Å²) in [7, 11) is 1.67. The maximum absolute atomic E-state index is 11.7. The quantitative estimate of drug-likeness (QED) is 0.818. The van der Waals surface area contributed by atoms with Crippen LogP contribution < -0.4 is 5.69 Å². The smallest absolute Gasteiger partial charge is 0.345 e. The molecular weight excluding hydrogens is 232 g/mol. The minimum absolute atomic E-state index is 0.0501. The molecule has 2 rings (SSSR count). The maximum Gasteiger partial charge on any atom is 0.345 e. The first-order chi connectivity index (χ1) is 8.49. The highest BCUT2D eigenvalue weighted by Gasteiger charge is 2.29. The first-order valence-electron chi connectivity index (χ1n) is 6.56. The summed E-state index contributed by atoms with van der Waals surface area (Å²) < 4.78 is 3.10. The molecule has 0 aromatic carbocycles. The molecule has 0 aliphatic carbocycles. The Morgan fingerprint density at radius 1 is 1.33 bits per heavy atom. The standard InChI is InChI=1S/C12H22N4O2/c1-4-12(18,5-2)9-15-6-7-16-10(8-15)13-14(3)11(16)17/h18H,4-9H2,1-3H3. The van der Waals surface area contributed by atoms with Crippen molar-refractivity contribution < 1.29 is 5.11 Å². The summed E-state index contributed by atoms with van der Waals surface area (Å²) in [6.45, 7) is 6.74. The van der Waals surface area contributed by atoms with Crippen molar-refractivity contribution in [2.45, 2.75) is 45.4 Å². The SMILES string of the molecule is CCC(O)(CC)CN1CCn2c(nn(C)c2=O)C1. The summed E-state index contributed by atoms with van der Waals surface area (Å²) >= 11 is 0. The van der Waals surface area contributed by atoms with Crippen molar-refractivity contribution in [1.82, 2.24) is 19.2 Å². The van der Waals surface area contributed by atoms with Crippen molar-refractivity contribution in [3.63, 3.8) is 0 Å². The van der Waals surface area contributed by atoms with Gasteiger partial charge in [0.15, 0.2) is 0 Å². The molecule has 1 aromatic heterocycles. The van der Waals surface area contributed by atoms with Gasteiger partial charge in [0.05, 0.1) is 12.1 Å². The lowest BCUT2D eigenvalue weighted by Gasteiger charge is -2.34. The van der Waals surface area contributed by atoms with Crippen LogP contribution in [0, 0.1) is 0 Å². The average Bonchev–Trinajstić information content (AvgIpc) is 2.64. The van der Waals surface area contributed by atoms with Crippen molar-refractivity contribution in [3.8, 4) is 0 Å². The van der Waals surface area contributed by atoms with Crippen molar-refractivity contribution in [1.29, 1.82) is 0 Å². The number of fused-ring (bicyclic) bond motifs is 1. The largest absolute Gasteiger partial charge is 0.389 e. The Kier molecular flexibility index (Phi) is 3.59. The minimum atomic E-state index is -0.628. The van der Waals surface area contributed by atoms with E-state index < -0.39 is 5.60 Å². The van der Waals surface area contributed by atoms with Gasteiger partial charge in [-0.05, 0) is 12.8 Å². The molecule has 102 valence electrons. The lowest BCUT2D eigenvalue weighted by Crippen LogP contribution is -2.46. The number of aliphatic hydroxyl groups is 1. The zero-order valence-corrected chi connectivity index (χ0v) is 11.4. The summed E-state index contributed by atoms with van der Waals surface area (Å²) in [5.41, 5.74) is -0.678. The van der Waals surface area contributed by atoms with Crippen LogP contribution in [0.5, 0.6) is 0 Å². The molecule has 1 N–H and O–H groups in total. The van der Waals surface area contributed by atoms with Crippen molar-refractivity contribution in [2.75, 3.05) is 13.1 Å². The van der Waals surface area contributed by atoms with E-state index in [9.17, 15) is 9.90 Å². The van der Waals surface area contributed by atoms with Crippen LogP contribution >= 0.6 is 0 Å². The Bertz CT molecular complexity index is 473. The fourth-order valence-electron chi connectivity index (χ4n) is 2.44. The van der Waals surface area contributed by atoms with E-state index in [2.05, 4.69) is 10.00 Å². The van der Waals surface area contributed by atoms with Gasteiger partial charge >= 0.3 is 5.69 Å². The molecule has 18 heavy (non-hydrogen) atoms. The summed E-state index contributed by atoms with van der Waals surface area (Å²) in [5.74, 6) is 0.795. The van der Waals surface area contributed by atoms with Crippen LogP contribution in [0.2, 0.25) is 0 Å². The fourth-order valence-corrected chi connectivity index (χ4v) is 2.44. The molecule has 0 radical (unpaired) electrons. The van der Waals surface area contributed by atoms with Gasteiger partial charge in [0.1, 0.15) is 5.82 Å². The van der Waals surface area contributed by atoms with Gasteiger partial charge in [-0.1, -0.05) is 13.8 Å². The fraction of sp³-hybridized carbons (Fsp3) is 0.833.